The van der Waals surface area contributed by atoms with Crippen LogP contribution in [0.5, 0.6) is 0 Å². The molecule has 0 heteroatoms. The normalized spacial score (nSPS) is 9.18. The minimum atomic E-state index is 1.15. The molecule has 0 aliphatic heterocycles. The zero-order chi connectivity index (χ0) is 8.27. The van der Waals surface area contributed by atoms with Crippen molar-refractivity contribution in [3.63, 3.8) is 0 Å². The maximum atomic E-state index is 3.75. The second-order valence-electron chi connectivity index (χ2n) is 2.49. The Morgan fingerprint density at radius 3 is 2.36 bits per heavy atom. The zero-order valence-electron chi connectivity index (χ0n) is 6.80. The summed E-state index contributed by atoms with van der Waals surface area (Å²) in [6.45, 7) is 9.56. The van der Waals surface area contributed by atoms with E-state index < -0.39 is 0 Å². The molecule has 0 amide bonds. The lowest BCUT2D eigenvalue weighted by Gasteiger charge is -2.03. The van der Waals surface area contributed by atoms with Crippen molar-refractivity contribution in [3.05, 3.63) is 48.0 Å². The molecule has 0 atom stereocenters. The van der Waals surface area contributed by atoms with E-state index in [0.29, 0.717) is 0 Å². The van der Waals surface area contributed by atoms with E-state index in [9.17, 15) is 0 Å². The Hall–Kier alpha value is -1.30. The lowest BCUT2D eigenvalue weighted by Crippen LogP contribution is -1.83. The molecule has 0 heterocycles. The Kier molecular flexibility index (Phi) is 2.27. The molecular weight excluding hydrogens is 132 g/mol. The fourth-order valence-corrected chi connectivity index (χ4v) is 1.16. The second-order valence-corrected chi connectivity index (χ2v) is 2.49. The standard InChI is InChI=1S/C11H12/c1-4-10-8-6-7-9(3)11(10)5-2/h4-8H,1-2H2,3H3. The van der Waals surface area contributed by atoms with Crippen LogP contribution >= 0.6 is 0 Å². The van der Waals surface area contributed by atoms with Crippen LogP contribution in [0, 0.1) is 6.92 Å². The third-order valence-corrected chi connectivity index (χ3v) is 1.78. The van der Waals surface area contributed by atoms with Gasteiger partial charge in [-0.25, -0.2) is 0 Å². The van der Waals surface area contributed by atoms with Crippen molar-refractivity contribution >= 4 is 12.2 Å². The molecule has 0 aliphatic rings. The average molecular weight is 144 g/mol. The third kappa shape index (κ3) is 1.40. The molecule has 1 aromatic carbocycles. The highest BCUT2D eigenvalue weighted by Crippen LogP contribution is 2.15. The monoisotopic (exact) mass is 144 g/mol. The summed E-state index contributed by atoms with van der Waals surface area (Å²) >= 11 is 0. The minimum Gasteiger partial charge on any atom is -0.0984 e. The van der Waals surface area contributed by atoms with Crippen LogP contribution in [0.2, 0.25) is 0 Å². The maximum absolute atomic E-state index is 3.75. The van der Waals surface area contributed by atoms with Crippen LogP contribution < -0.4 is 0 Å². The first-order chi connectivity index (χ1) is 5.29. The van der Waals surface area contributed by atoms with Crippen molar-refractivity contribution in [2.24, 2.45) is 0 Å². The first-order valence-corrected chi connectivity index (χ1v) is 3.64. The van der Waals surface area contributed by atoms with Crippen LogP contribution in [0.3, 0.4) is 0 Å². The molecule has 0 bridgehead atoms. The van der Waals surface area contributed by atoms with E-state index in [2.05, 4.69) is 26.1 Å². The van der Waals surface area contributed by atoms with Crippen molar-refractivity contribution in [2.75, 3.05) is 0 Å². The summed E-state index contributed by atoms with van der Waals surface area (Å²) in [7, 11) is 0. The molecule has 1 aromatic rings. The number of aryl methyl sites for hydroxylation is 1. The summed E-state index contributed by atoms with van der Waals surface area (Å²) in [6, 6.07) is 6.14. The summed E-state index contributed by atoms with van der Waals surface area (Å²) < 4.78 is 0. The Balaban J connectivity index is 3.35. The van der Waals surface area contributed by atoms with Gasteiger partial charge < -0.3 is 0 Å². The molecular formula is C11H12. The van der Waals surface area contributed by atoms with Crippen LogP contribution in [0.1, 0.15) is 16.7 Å². The van der Waals surface area contributed by atoms with Gasteiger partial charge in [-0.1, -0.05) is 43.5 Å². The summed E-state index contributed by atoms with van der Waals surface area (Å²) in [6.07, 6.45) is 3.72. The van der Waals surface area contributed by atoms with Crippen molar-refractivity contribution in [1.29, 1.82) is 0 Å². The number of rotatable bonds is 2. The molecule has 0 spiro atoms. The number of benzene rings is 1. The van der Waals surface area contributed by atoms with E-state index >= 15 is 0 Å². The van der Waals surface area contributed by atoms with Gasteiger partial charge in [0.2, 0.25) is 0 Å². The highest BCUT2D eigenvalue weighted by molar-refractivity contribution is 5.65. The van der Waals surface area contributed by atoms with Gasteiger partial charge in [0.25, 0.3) is 0 Å². The molecule has 0 saturated heterocycles. The van der Waals surface area contributed by atoms with Crippen LogP contribution in [0.25, 0.3) is 12.2 Å². The van der Waals surface area contributed by atoms with E-state index in [1.165, 1.54) is 11.1 Å². The van der Waals surface area contributed by atoms with Gasteiger partial charge in [0.15, 0.2) is 0 Å². The summed E-state index contributed by atoms with van der Waals surface area (Å²) in [5.74, 6) is 0. The Bertz CT molecular complexity index is 282. The van der Waals surface area contributed by atoms with Crippen LogP contribution in [-0.4, -0.2) is 0 Å². The van der Waals surface area contributed by atoms with Crippen molar-refractivity contribution in [1.82, 2.24) is 0 Å². The topological polar surface area (TPSA) is 0 Å². The molecule has 0 N–H and O–H groups in total. The molecule has 1 rings (SSSR count). The van der Waals surface area contributed by atoms with Gasteiger partial charge in [-0.15, -0.1) is 0 Å². The quantitative estimate of drug-likeness (QED) is 0.597. The Morgan fingerprint density at radius 1 is 1.18 bits per heavy atom. The molecule has 0 radical (unpaired) electrons. The maximum Gasteiger partial charge on any atom is -0.0161 e. The molecule has 0 nitrogen and oxygen atoms in total. The summed E-state index contributed by atoms with van der Waals surface area (Å²) in [5.41, 5.74) is 3.58. The first-order valence-electron chi connectivity index (χ1n) is 3.64. The van der Waals surface area contributed by atoms with Crippen molar-refractivity contribution < 1.29 is 0 Å². The Morgan fingerprint density at radius 2 is 1.91 bits per heavy atom. The third-order valence-electron chi connectivity index (χ3n) is 1.78. The fraction of sp³-hybridized carbons (Fsp3) is 0.0909. The van der Waals surface area contributed by atoms with Gasteiger partial charge in [-0.2, -0.15) is 0 Å². The number of hydrogen-bond acceptors (Lipinski definition) is 0. The molecule has 0 saturated carbocycles. The highest BCUT2D eigenvalue weighted by atomic mass is 14.0. The minimum absolute atomic E-state index is 1.15. The average Bonchev–Trinajstić information content (AvgIpc) is 2.04. The zero-order valence-corrected chi connectivity index (χ0v) is 6.80. The first kappa shape index (κ1) is 7.80. The lowest BCUT2D eigenvalue weighted by atomic mass is 10.0. The molecule has 0 aromatic heterocycles. The summed E-state index contributed by atoms with van der Waals surface area (Å²) in [4.78, 5) is 0. The molecule has 0 unspecified atom stereocenters. The Labute approximate surface area is 67.9 Å². The fourth-order valence-electron chi connectivity index (χ4n) is 1.16. The predicted molar refractivity (Wildman–Crippen MR) is 51.4 cm³/mol. The van der Waals surface area contributed by atoms with Crippen LogP contribution in [0.4, 0.5) is 0 Å². The molecule has 0 aliphatic carbocycles. The second kappa shape index (κ2) is 3.20. The van der Waals surface area contributed by atoms with Gasteiger partial charge in [0.05, 0.1) is 0 Å². The van der Waals surface area contributed by atoms with Crippen LogP contribution in [-0.2, 0) is 0 Å². The van der Waals surface area contributed by atoms with E-state index in [1.807, 2.05) is 24.3 Å². The lowest BCUT2D eigenvalue weighted by molar-refractivity contribution is 1.43. The van der Waals surface area contributed by atoms with Crippen LogP contribution in [0.15, 0.2) is 31.4 Å². The van der Waals surface area contributed by atoms with E-state index in [0.717, 1.165) is 5.56 Å². The van der Waals surface area contributed by atoms with Gasteiger partial charge in [0, 0.05) is 0 Å². The van der Waals surface area contributed by atoms with Crippen molar-refractivity contribution in [3.8, 4) is 0 Å². The number of hydrogen-bond donors (Lipinski definition) is 0. The molecule has 11 heavy (non-hydrogen) atoms. The van der Waals surface area contributed by atoms with Crippen molar-refractivity contribution in [2.45, 2.75) is 6.92 Å². The smallest absolute Gasteiger partial charge is 0.0161 e. The SMILES string of the molecule is C=Cc1cccc(C)c1C=C. The van der Waals surface area contributed by atoms with Gasteiger partial charge in [-0.3, -0.25) is 0 Å². The van der Waals surface area contributed by atoms with E-state index in [1.54, 1.807) is 0 Å². The van der Waals surface area contributed by atoms with Gasteiger partial charge >= 0.3 is 0 Å². The van der Waals surface area contributed by atoms with Gasteiger partial charge in [-0.05, 0) is 23.6 Å². The predicted octanol–water partition coefficient (Wildman–Crippen LogP) is 3.28. The highest BCUT2D eigenvalue weighted by Gasteiger charge is 1.96. The van der Waals surface area contributed by atoms with E-state index in [-0.39, 0.29) is 0 Å². The molecule has 0 fully saturated rings. The largest absolute Gasteiger partial charge is 0.0984 e. The van der Waals surface area contributed by atoms with Gasteiger partial charge in [0.1, 0.15) is 0 Å². The molecule has 56 valence electrons. The summed E-state index contributed by atoms with van der Waals surface area (Å²) in [5, 5.41) is 0. The van der Waals surface area contributed by atoms with E-state index in [4.69, 9.17) is 0 Å².